The van der Waals surface area contributed by atoms with E-state index in [1.165, 1.54) is 6.07 Å². The van der Waals surface area contributed by atoms with Crippen molar-refractivity contribution in [2.75, 3.05) is 0 Å². The molecule has 0 aliphatic carbocycles. The highest BCUT2D eigenvalue weighted by Gasteiger charge is 2.17. The topological polar surface area (TPSA) is 43.1 Å². The first-order chi connectivity index (χ1) is 6.57. The molecular formula is C10H10ClNO2. The molecule has 1 unspecified atom stereocenters. The summed E-state index contributed by atoms with van der Waals surface area (Å²) in [7, 11) is 0. The van der Waals surface area contributed by atoms with Crippen molar-refractivity contribution in [2.45, 2.75) is 12.8 Å². The molecule has 1 aromatic rings. The maximum absolute atomic E-state index is 10.6. The van der Waals surface area contributed by atoms with Crippen molar-refractivity contribution in [2.24, 2.45) is 0 Å². The first-order valence-corrected chi connectivity index (χ1v) is 4.51. The van der Waals surface area contributed by atoms with Gasteiger partial charge in [-0.25, -0.2) is 0 Å². The molecule has 0 N–H and O–H groups in total. The molecule has 4 heteroatoms. The molecule has 0 saturated carbocycles. The summed E-state index contributed by atoms with van der Waals surface area (Å²) in [6, 6.07) is 4.78. The second kappa shape index (κ2) is 4.24. The molecule has 0 aliphatic rings. The van der Waals surface area contributed by atoms with E-state index in [1.54, 1.807) is 18.2 Å². The molecule has 74 valence electrons. The van der Waals surface area contributed by atoms with Crippen molar-refractivity contribution in [3.63, 3.8) is 0 Å². The maximum atomic E-state index is 10.6. The van der Waals surface area contributed by atoms with Gasteiger partial charge in [0.05, 0.1) is 4.92 Å². The Morgan fingerprint density at radius 3 is 2.79 bits per heavy atom. The van der Waals surface area contributed by atoms with Crippen molar-refractivity contribution in [3.05, 3.63) is 51.6 Å². The summed E-state index contributed by atoms with van der Waals surface area (Å²) in [5.74, 6) is 0.0161. The van der Waals surface area contributed by atoms with Gasteiger partial charge in [0.15, 0.2) is 0 Å². The number of nitro benzene ring substituents is 1. The van der Waals surface area contributed by atoms with E-state index in [9.17, 15) is 10.1 Å². The maximum Gasteiger partial charge on any atom is 0.288 e. The third kappa shape index (κ3) is 1.93. The Morgan fingerprint density at radius 1 is 1.64 bits per heavy atom. The zero-order valence-corrected chi connectivity index (χ0v) is 8.49. The third-order valence-corrected chi connectivity index (χ3v) is 2.46. The monoisotopic (exact) mass is 211 g/mol. The van der Waals surface area contributed by atoms with Crippen LogP contribution in [0.25, 0.3) is 0 Å². The molecule has 0 saturated heterocycles. The number of nitro groups is 1. The van der Waals surface area contributed by atoms with Crippen LogP contribution < -0.4 is 0 Å². The summed E-state index contributed by atoms with van der Waals surface area (Å²) < 4.78 is 0. The van der Waals surface area contributed by atoms with E-state index in [1.807, 2.05) is 6.92 Å². The van der Waals surface area contributed by atoms with Crippen molar-refractivity contribution in [1.82, 2.24) is 0 Å². The second-order valence-electron chi connectivity index (χ2n) is 2.96. The largest absolute Gasteiger partial charge is 0.288 e. The fraction of sp³-hybridized carbons (Fsp3) is 0.200. The fourth-order valence-electron chi connectivity index (χ4n) is 1.16. The van der Waals surface area contributed by atoms with E-state index in [2.05, 4.69) is 6.58 Å². The smallest absolute Gasteiger partial charge is 0.258 e. The Labute approximate surface area is 87.2 Å². The minimum absolute atomic E-state index is 0.0161. The van der Waals surface area contributed by atoms with Crippen molar-refractivity contribution in [3.8, 4) is 0 Å². The van der Waals surface area contributed by atoms with Crippen LogP contribution in [-0.2, 0) is 0 Å². The van der Waals surface area contributed by atoms with Gasteiger partial charge < -0.3 is 0 Å². The molecule has 0 aliphatic heterocycles. The molecule has 0 amide bonds. The highest BCUT2D eigenvalue weighted by molar-refractivity contribution is 6.33. The van der Waals surface area contributed by atoms with Crippen LogP contribution in [0.4, 0.5) is 5.69 Å². The molecule has 1 rings (SSSR count). The first-order valence-electron chi connectivity index (χ1n) is 4.13. The number of rotatable bonds is 3. The van der Waals surface area contributed by atoms with Crippen LogP contribution >= 0.6 is 11.6 Å². The van der Waals surface area contributed by atoms with Crippen LogP contribution in [0.5, 0.6) is 0 Å². The van der Waals surface area contributed by atoms with Gasteiger partial charge >= 0.3 is 0 Å². The molecule has 0 spiro atoms. The summed E-state index contributed by atoms with van der Waals surface area (Å²) in [5, 5.41) is 10.8. The Balaban J connectivity index is 3.26. The second-order valence-corrected chi connectivity index (χ2v) is 3.34. The van der Waals surface area contributed by atoms with E-state index < -0.39 is 4.92 Å². The molecule has 1 atom stereocenters. The van der Waals surface area contributed by atoms with Gasteiger partial charge in [-0.15, -0.1) is 6.58 Å². The van der Waals surface area contributed by atoms with Gasteiger partial charge in [-0.1, -0.05) is 36.7 Å². The van der Waals surface area contributed by atoms with Crippen LogP contribution in [0, 0.1) is 10.1 Å². The average Bonchev–Trinajstić information content (AvgIpc) is 2.16. The van der Waals surface area contributed by atoms with E-state index in [-0.39, 0.29) is 16.6 Å². The summed E-state index contributed by atoms with van der Waals surface area (Å²) in [6.45, 7) is 5.51. The molecule has 3 nitrogen and oxygen atoms in total. The van der Waals surface area contributed by atoms with Crippen LogP contribution in [-0.4, -0.2) is 4.92 Å². The van der Waals surface area contributed by atoms with E-state index in [4.69, 9.17) is 11.6 Å². The van der Waals surface area contributed by atoms with Crippen LogP contribution in [0.15, 0.2) is 30.9 Å². The highest BCUT2D eigenvalue weighted by Crippen LogP contribution is 2.32. The van der Waals surface area contributed by atoms with E-state index in [0.717, 1.165) is 5.56 Å². The Morgan fingerprint density at radius 2 is 2.29 bits per heavy atom. The van der Waals surface area contributed by atoms with Crippen molar-refractivity contribution in [1.29, 1.82) is 0 Å². The lowest BCUT2D eigenvalue weighted by Gasteiger charge is -2.08. The molecule has 14 heavy (non-hydrogen) atoms. The minimum atomic E-state index is -0.484. The Hall–Kier alpha value is -1.35. The van der Waals surface area contributed by atoms with Gasteiger partial charge in [-0.3, -0.25) is 10.1 Å². The predicted molar refractivity (Wildman–Crippen MR) is 56.7 cm³/mol. The molecule has 0 heterocycles. The molecule has 0 radical (unpaired) electrons. The van der Waals surface area contributed by atoms with Gasteiger partial charge in [0.1, 0.15) is 5.02 Å². The number of benzene rings is 1. The Kier molecular flexibility index (Phi) is 3.25. The fourth-order valence-corrected chi connectivity index (χ4v) is 1.52. The standard InChI is InChI=1S/C10H10ClNO2/c1-3-7(2)8-5-4-6-9(10(8)11)12(13)14/h3-7H,1H2,2H3. The molecule has 1 aromatic carbocycles. The number of nitrogens with zero attached hydrogens (tertiary/aromatic N) is 1. The van der Waals surface area contributed by atoms with Crippen LogP contribution in [0.1, 0.15) is 18.4 Å². The third-order valence-electron chi connectivity index (χ3n) is 2.05. The van der Waals surface area contributed by atoms with E-state index >= 15 is 0 Å². The summed E-state index contributed by atoms with van der Waals surface area (Å²) in [4.78, 5) is 10.1. The van der Waals surface area contributed by atoms with Gasteiger partial charge in [0.2, 0.25) is 0 Å². The zero-order valence-electron chi connectivity index (χ0n) is 7.74. The number of allylic oxidation sites excluding steroid dienone is 1. The minimum Gasteiger partial charge on any atom is -0.258 e. The van der Waals surface area contributed by atoms with Crippen molar-refractivity contribution >= 4 is 17.3 Å². The Bertz CT molecular complexity index is 376. The van der Waals surface area contributed by atoms with Gasteiger partial charge in [0.25, 0.3) is 5.69 Å². The number of hydrogen-bond donors (Lipinski definition) is 0. The van der Waals surface area contributed by atoms with Gasteiger partial charge in [-0.2, -0.15) is 0 Å². The quantitative estimate of drug-likeness (QED) is 0.436. The summed E-state index contributed by atoms with van der Waals surface area (Å²) >= 11 is 5.89. The molecule has 0 aromatic heterocycles. The van der Waals surface area contributed by atoms with Crippen molar-refractivity contribution < 1.29 is 4.92 Å². The van der Waals surface area contributed by atoms with Crippen LogP contribution in [0.2, 0.25) is 5.02 Å². The normalized spacial score (nSPS) is 12.1. The lowest BCUT2D eigenvalue weighted by Crippen LogP contribution is -1.95. The van der Waals surface area contributed by atoms with Gasteiger partial charge in [-0.05, 0) is 5.56 Å². The molecule has 0 bridgehead atoms. The van der Waals surface area contributed by atoms with Crippen LogP contribution in [0.3, 0.4) is 0 Å². The summed E-state index contributed by atoms with van der Waals surface area (Å²) in [6.07, 6.45) is 1.70. The first kappa shape index (κ1) is 10.7. The highest BCUT2D eigenvalue weighted by atomic mass is 35.5. The average molecular weight is 212 g/mol. The summed E-state index contributed by atoms with van der Waals surface area (Å²) in [5.41, 5.74) is 0.675. The van der Waals surface area contributed by atoms with Gasteiger partial charge in [0, 0.05) is 12.0 Å². The lowest BCUT2D eigenvalue weighted by molar-refractivity contribution is -0.384. The number of halogens is 1. The molecular weight excluding hydrogens is 202 g/mol. The van der Waals surface area contributed by atoms with E-state index in [0.29, 0.717) is 0 Å². The lowest BCUT2D eigenvalue weighted by atomic mass is 10.0. The zero-order chi connectivity index (χ0) is 10.7. The molecule has 0 fully saturated rings. The number of hydrogen-bond acceptors (Lipinski definition) is 2. The predicted octanol–water partition coefficient (Wildman–Crippen LogP) is 3.54. The SMILES string of the molecule is C=CC(C)c1cccc([N+](=O)[O-])c1Cl.